The number of halogens is 1. The van der Waals surface area contributed by atoms with Gasteiger partial charge in [-0.1, -0.05) is 40.2 Å². The molecule has 0 aliphatic carbocycles. The van der Waals surface area contributed by atoms with Crippen molar-refractivity contribution in [2.24, 2.45) is 4.99 Å². The molecule has 0 aromatic heterocycles. The lowest BCUT2D eigenvalue weighted by molar-refractivity contribution is 0.135. The summed E-state index contributed by atoms with van der Waals surface area (Å²) >= 11 is 3.63. The highest BCUT2D eigenvalue weighted by Gasteiger charge is 2.19. The molecule has 0 amide bonds. The Morgan fingerprint density at radius 1 is 1.17 bits per heavy atom. The van der Waals surface area contributed by atoms with Crippen molar-refractivity contribution in [1.82, 2.24) is 4.90 Å². The smallest absolute Gasteiger partial charge is 0.109 e. The lowest BCUT2D eigenvalue weighted by Gasteiger charge is -2.21. The van der Waals surface area contributed by atoms with E-state index in [-0.39, 0.29) is 6.10 Å². The first-order valence-electron chi connectivity index (χ1n) is 8.10. The summed E-state index contributed by atoms with van der Waals surface area (Å²) < 4.78 is 6.87. The average Bonchev–Trinajstić information content (AvgIpc) is 2.58. The second-order valence-corrected chi connectivity index (χ2v) is 6.80. The number of hydrogen-bond acceptors (Lipinski definition) is 2. The Labute approximate surface area is 153 Å². The molecule has 0 fully saturated rings. The van der Waals surface area contributed by atoms with Gasteiger partial charge in [0.15, 0.2) is 0 Å². The van der Waals surface area contributed by atoms with Crippen LogP contribution in [-0.4, -0.2) is 31.9 Å². The second-order valence-electron chi connectivity index (χ2n) is 5.95. The molecule has 1 unspecified atom stereocenters. The van der Waals surface area contributed by atoms with Crippen molar-refractivity contribution in [1.29, 1.82) is 0 Å². The fraction of sp³-hybridized carbons (Fsp3) is 0.350. The Kier molecular flexibility index (Phi) is 6.58. The molecule has 0 radical (unpaired) electrons. The Morgan fingerprint density at radius 2 is 1.88 bits per heavy atom. The van der Waals surface area contributed by atoms with E-state index in [9.17, 15) is 0 Å². The van der Waals surface area contributed by atoms with E-state index in [1.807, 2.05) is 31.6 Å². The third-order valence-electron chi connectivity index (χ3n) is 4.18. The van der Waals surface area contributed by atoms with Crippen molar-refractivity contribution in [3.05, 3.63) is 63.1 Å². The maximum atomic E-state index is 5.82. The molecule has 0 saturated heterocycles. The normalized spacial score (nSPS) is 12.6. The van der Waals surface area contributed by atoms with E-state index < -0.39 is 0 Å². The van der Waals surface area contributed by atoms with Gasteiger partial charge in [-0.3, -0.25) is 0 Å². The van der Waals surface area contributed by atoms with Crippen molar-refractivity contribution in [2.75, 3.05) is 20.7 Å². The quantitative estimate of drug-likeness (QED) is 0.487. The summed E-state index contributed by atoms with van der Waals surface area (Å²) in [7, 11) is 3.77. The molecule has 3 nitrogen and oxygen atoms in total. The number of aliphatic imine (C=N–C) groups is 1. The van der Waals surface area contributed by atoms with E-state index in [4.69, 9.17) is 4.74 Å². The molecule has 0 aliphatic heterocycles. The van der Waals surface area contributed by atoms with Crippen LogP contribution >= 0.6 is 15.9 Å². The minimum Gasteiger partial charge on any atom is -0.372 e. The number of ether oxygens (including phenoxy) is 1. The summed E-state index contributed by atoms with van der Waals surface area (Å²) in [5.74, 6) is 0. The largest absolute Gasteiger partial charge is 0.372 e. The number of hydrogen-bond donors (Lipinski definition) is 0. The SMILES string of the molecule is CCN(C)/C=N\c1cc(C)c(C(OC)c2ccccc2Br)cc1C. The van der Waals surface area contributed by atoms with E-state index in [1.165, 1.54) is 11.1 Å². The summed E-state index contributed by atoms with van der Waals surface area (Å²) in [6, 6.07) is 12.5. The molecule has 4 heteroatoms. The van der Waals surface area contributed by atoms with Crippen molar-refractivity contribution >= 4 is 28.0 Å². The lowest BCUT2D eigenvalue weighted by atomic mass is 9.95. The van der Waals surface area contributed by atoms with Gasteiger partial charge >= 0.3 is 0 Å². The van der Waals surface area contributed by atoms with Gasteiger partial charge in [0.05, 0.1) is 12.0 Å². The zero-order valence-electron chi connectivity index (χ0n) is 15.0. The van der Waals surface area contributed by atoms with E-state index in [0.29, 0.717) is 0 Å². The molecule has 0 spiro atoms. The highest BCUT2D eigenvalue weighted by molar-refractivity contribution is 9.10. The molecule has 2 aromatic rings. The summed E-state index contributed by atoms with van der Waals surface area (Å²) in [4.78, 5) is 6.66. The zero-order chi connectivity index (χ0) is 17.7. The highest BCUT2D eigenvalue weighted by Crippen LogP contribution is 2.35. The van der Waals surface area contributed by atoms with Crippen molar-refractivity contribution in [3.8, 4) is 0 Å². The molecule has 2 rings (SSSR count). The van der Waals surface area contributed by atoms with Crippen LogP contribution in [0, 0.1) is 13.8 Å². The first-order valence-corrected chi connectivity index (χ1v) is 8.90. The van der Waals surface area contributed by atoms with Crippen molar-refractivity contribution < 1.29 is 4.74 Å². The van der Waals surface area contributed by atoms with Crippen LogP contribution in [0.15, 0.2) is 45.9 Å². The van der Waals surface area contributed by atoms with Gasteiger partial charge in [-0.2, -0.15) is 0 Å². The van der Waals surface area contributed by atoms with E-state index in [1.54, 1.807) is 7.11 Å². The van der Waals surface area contributed by atoms with Crippen LogP contribution in [-0.2, 0) is 4.74 Å². The second kappa shape index (κ2) is 8.45. The van der Waals surface area contributed by atoms with Gasteiger partial charge < -0.3 is 9.64 Å². The molecule has 24 heavy (non-hydrogen) atoms. The standard InChI is InChI=1S/C20H25BrN2O/c1-6-23(4)13-22-19-12-14(2)17(11-15(19)3)20(24-5)16-9-7-8-10-18(16)21/h7-13,20H,6H2,1-5H3/b22-13-. The number of aryl methyl sites for hydroxylation is 2. The van der Waals surface area contributed by atoms with Gasteiger partial charge in [0.1, 0.15) is 6.10 Å². The molecule has 128 valence electrons. The fourth-order valence-corrected chi connectivity index (χ4v) is 3.09. The minimum absolute atomic E-state index is 0.101. The lowest BCUT2D eigenvalue weighted by Crippen LogP contribution is -2.14. The Morgan fingerprint density at radius 3 is 2.50 bits per heavy atom. The third-order valence-corrected chi connectivity index (χ3v) is 4.91. The first kappa shape index (κ1) is 18.7. The van der Waals surface area contributed by atoms with Crippen LogP contribution in [0.5, 0.6) is 0 Å². The van der Waals surface area contributed by atoms with Crippen LogP contribution in [0.2, 0.25) is 0 Å². The minimum atomic E-state index is -0.101. The maximum Gasteiger partial charge on any atom is 0.109 e. The molecule has 1 atom stereocenters. The van der Waals surface area contributed by atoms with E-state index in [0.717, 1.165) is 27.8 Å². The summed E-state index contributed by atoms with van der Waals surface area (Å²) in [5, 5.41) is 0. The monoisotopic (exact) mass is 388 g/mol. The molecular formula is C20H25BrN2O. The van der Waals surface area contributed by atoms with Crippen LogP contribution < -0.4 is 0 Å². The van der Waals surface area contributed by atoms with Crippen molar-refractivity contribution in [2.45, 2.75) is 26.9 Å². The molecule has 0 heterocycles. The summed E-state index contributed by atoms with van der Waals surface area (Å²) in [5.41, 5.74) is 5.62. The van der Waals surface area contributed by atoms with Gasteiger partial charge in [-0.25, -0.2) is 4.99 Å². The predicted molar refractivity (Wildman–Crippen MR) is 105 cm³/mol. The summed E-state index contributed by atoms with van der Waals surface area (Å²) in [6.45, 7) is 7.25. The summed E-state index contributed by atoms with van der Waals surface area (Å²) in [6.07, 6.45) is 1.78. The van der Waals surface area contributed by atoms with Crippen LogP contribution in [0.4, 0.5) is 5.69 Å². The number of benzene rings is 2. The Balaban J connectivity index is 2.42. The fourth-order valence-electron chi connectivity index (χ4n) is 2.60. The van der Waals surface area contributed by atoms with E-state index >= 15 is 0 Å². The van der Waals surface area contributed by atoms with Gasteiger partial charge in [-0.15, -0.1) is 0 Å². The maximum absolute atomic E-state index is 5.82. The Bertz CT molecular complexity index is 728. The van der Waals surface area contributed by atoms with Gasteiger partial charge in [-0.05, 0) is 55.2 Å². The van der Waals surface area contributed by atoms with Crippen LogP contribution in [0.25, 0.3) is 0 Å². The zero-order valence-corrected chi connectivity index (χ0v) is 16.6. The molecule has 0 N–H and O–H groups in total. The first-order chi connectivity index (χ1) is 11.5. The Hall–Kier alpha value is -1.65. The molecule has 2 aromatic carbocycles. The van der Waals surface area contributed by atoms with Crippen LogP contribution in [0.1, 0.15) is 35.3 Å². The number of methoxy groups -OCH3 is 1. The number of nitrogens with zero attached hydrogens (tertiary/aromatic N) is 2. The third kappa shape index (κ3) is 4.25. The average molecular weight is 389 g/mol. The highest BCUT2D eigenvalue weighted by atomic mass is 79.9. The van der Waals surface area contributed by atoms with Gasteiger partial charge in [0, 0.05) is 25.2 Å². The molecular weight excluding hydrogens is 364 g/mol. The molecule has 0 aliphatic rings. The van der Waals surface area contributed by atoms with Gasteiger partial charge in [0.2, 0.25) is 0 Å². The predicted octanol–water partition coefficient (Wildman–Crippen LogP) is 5.41. The van der Waals surface area contributed by atoms with Gasteiger partial charge in [0.25, 0.3) is 0 Å². The van der Waals surface area contributed by atoms with Crippen LogP contribution in [0.3, 0.4) is 0 Å². The topological polar surface area (TPSA) is 24.8 Å². The molecule has 0 saturated carbocycles. The number of rotatable bonds is 6. The van der Waals surface area contributed by atoms with E-state index in [2.05, 4.69) is 64.8 Å². The molecule has 0 bridgehead atoms. The van der Waals surface area contributed by atoms with Crippen molar-refractivity contribution in [3.63, 3.8) is 0 Å².